The molecule has 2 N–H and O–H groups in total. The largest absolute Gasteiger partial charge is 0.361 e. The zero-order chi connectivity index (χ0) is 12.4. The number of fused-ring (bicyclic) bond motifs is 1. The van der Waals surface area contributed by atoms with Crippen LogP contribution in [0.15, 0.2) is 30.5 Å². The molecule has 1 aliphatic rings. The van der Waals surface area contributed by atoms with Gasteiger partial charge in [-0.25, -0.2) is 0 Å². The molecule has 3 rings (SSSR count). The van der Waals surface area contributed by atoms with Gasteiger partial charge in [-0.05, 0) is 47.9 Å². The van der Waals surface area contributed by atoms with Gasteiger partial charge in [0.15, 0.2) is 0 Å². The van der Waals surface area contributed by atoms with E-state index in [1.807, 2.05) is 6.20 Å². The summed E-state index contributed by atoms with van der Waals surface area (Å²) in [5.74, 6) is 1.01. The van der Waals surface area contributed by atoms with Crippen LogP contribution in [0.5, 0.6) is 0 Å². The SMILES string of the molecule is CCC(CC1CC1)NCc1ccc2[nH]ccc2c1. The molecule has 1 aromatic carbocycles. The van der Waals surface area contributed by atoms with Gasteiger partial charge in [0.05, 0.1) is 0 Å². The Kier molecular flexibility index (Phi) is 3.37. The standard InChI is InChI=1S/C16H22N2/c1-2-15(10-12-3-4-12)18-11-13-5-6-16-14(9-13)7-8-17-16/h5-9,12,15,17-18H,2-4,10-11H2,1H3. The Balaban J connectivity index is 1.60. The number of benzene rings is 1. The van der Waals surface area contributed by atoms with Gasteiger partial charge in [-0.3, -0.25) is 0 Å². The van der Waals surface area contributed by atoms with Gasteiger partial charge in [0.25, 0.3) is 0 Å². The van der Waals surface area contributed by atoms with E-state index in [-0.39, 0.29) is 0 Å². The van der Waals surface area contributed by atoms with Gasteiger partial charge in [0.1, 0.15) is 0 Å². The molecule has 1 fully saturated rings. The second-order valence-electron chi connectivity index (χ2n) is 5.56. The molecule has 0 amide bonds. The van der Waals surface area contributed by atoms with E-state index in [9.17, 15) is 0 Å². The maximum atomic E-state index is 3.70. The predicted molar refractivity (Wildman–Crippen MR) is 76.6 cm³/mol. The molecule has 1 saturated carbocycles. The average Bonchev–Trinajstić information content (AvgIpc) is 3.09. The Morgan fingerprint density at radius 2 is 2.22 bits per heavy atom. The minimum atomic E-state index is 0.694. The van der Waals surface area contributed by atoms with Crippen molar-refractivity contribution in [2.24, 2.45) is 5.92 Å². The van der Waals surface area contributed by atoms with E-state index in [2.05, 4.69) is 41.5 Å². The second-order valence-corrected chi connectivity index (χ2v) is 5.56. The Bertz CT molecular complexity index is 511. The number of nitrogens with one attached hydrogen (secondary N) is 2. The normalized spacial score (nSPS) is 17.2. The summed E-state index contributed by atoms with van der Waals surface area (Å²) in [7, 11) is 0. The summed E-state index contributed by atoms with van der Waals surface area (Å²) < 4.78 is 0. The third-order valence-electron chi connectivity index (χ3n) is 4.02. The fourth-order valence-electron chi connectivity index (χ4n) is 2.63. The first kappa shape index (κ1) is 11.8. The van der Waals surface area contributed by atoms with Crippen LogP contribution in [-0.4, -0.2) is 11.0 Å². The van der Waals surface area contributed by atoms with Crippen LogP contribution in [0, 0.1) is 5.92 Å². The molecule has 18 heavy (non-hydrogen) atoms. The van der Waals surface area contributed by atoms with E-state index in [0.29, 0.717) is 6.04 Å². The maximum absolute atomic E-state index is 3.70. The van der Waals surface area contributed by atoms with E-state index in [0.717, 1.165) is 12.5 Å². The molecule has 0 bridgehead atoms. The fraction of sp³-hybridized carbons (Fsp3) is 0.500. The summed E-state index contributed by atoms with van der Waals surface area (Å²) in [6.07, 6.45) is 7.51. The third-order valence-corrected chi connectivity index (χ3v) is 4.02. The van der Waals surface area contributed by atoms with Gasteiger partial charge in [0.2, 0.25) is 0 Å². The lowest BCUT2D eigenvalue weighted by molar-refractivity contribution is 0.445. The van der Waals surface area contributed by atoms with Crippen molar-refractivity contribution in [3.05, 3.63) is 36.0 Å². The summed E-state index contributed by atoms with van der Waals surface area (Å²) in [6.45, 7) is 3.28. The molecule has 1 aromatic heterocycles. The zero-order valence-electron chi connectivity index (χ0n) is 11.1. The summed E-state index contributed by atoms with van der Waals surface area (Å²) in [6, 6.07) is 9.51. The maximum Gasteiger partial charge on any atom is 0.0454 e. The van der Waals surface area contributed by atoms with Crippen LogP contribution < -0.4 is 5.32 Å². The van der Waals surface area contributed by atoms with Crippen molar-refractivity contribution in [3.63, 3.8) is 0 Å². The molecule has 1 heterocycles. The average molecular weight is 242 g/mol. The highest BCUT2D eigenvalue weighted by molar-refractivity contribution is 5.79. The van der Waals surface area contributed by atoms with Crippen LogP contribution in [0.25, 0.3) is 10.9 Å². The summed E-state index contributed by atoms with van der Waals surface area (Å²) in [5.41, 5.74) is 2.61. The van der Waals surface area contributed by atoms with Gasteiger partial charge in [-0.15, -0.1) is 0 Å². The molecule has 0 radical (unpaired) electrons. The minimum absolute atomic E-state index is 0.694. The number of rotatable bonds is 6. The number of hydrogen-bond donors (Lipinski definition) is 2. The molecule has 1 aliphatic carbocycles. The first-order chi connectivity index (χ1) is 8.85. The van der Waals surface area contributed by atoms with Gasteiger partial charge < -0.3 is 10.3 Å². The lowest BCUT2D eigenvalue weighted by Crippen LogP contribution is -2.28. The Morgan fingerprint density at radius 1 is 1.33 bits per heavy atom. The topological polar surface area (TPSA) is 27.8 Å². The smallest absolute Gasteiger partial charge is 0.0454 e. The molecule has 1 unspecified atom stereocenters. The quantitative estimate of drug-likeness (QED) is 0.791. The lowest BCUT2D eigenvalue weighted by atomic mass is 10.1. The van der Waals surface area contributed by atoms with Crippen LogP contribution in [0.1, 0.15) is 38.2 Å². The van der Waals surface area contributed by atoms with Crippen LogP contribution in [0.3, 0.4) is 0 Å². The summed E-state index contributed by atoms with van der Waals surface area (Å²) >= 11 is 0. The Labute approximate surface area is 109 Å². The number of hydrogen-bond acceptors (Lipinski definition) is 1. The van der Waals surface area contributed by atoms with Gasteiger partial charge in [0, 0.05) is 24.3 Å². The molecule has 0 saturated heterocycles. The van der Waals surface area contributed by atoms with Crippen molar-refractivity contribution >= 4 is 10.9 Å². The minimum Gasteiger partial charge on any atom is -0.361 e. The fourth-order valence-corrected chi connectivity index (χ4v) is 2.63. The molecule has 1 atom stereocenters. The van der Waals surface area contributed by atoms with Gasteiger partial charge in [-0.1, -0.05) is 25.8 Å². The van der Waals surface area contributed by atoms with Crippen LogP contribution in [0.2, 0.25) is 0 Å². The van der Waals surface area contributed by atoms with E-state index in [4.69, 9.17) is 0 Å². The first-order valence-corrected chi connectivity index (χ1v) is 7.14. The van der Waals surface area contributed by atoms with E-state index >= 15 is 0 Å². The number of H-pyrrole nitrogens is 1. The molecule has 2 heteroatoms. The highest BCUT2D eigenvalue weighted by Crippen LogP contribution is 2.34. The number of aromatic amines is 1. The van der Waals surface area contributed by atoms with E-state index in [1.54, 1.807) is 0 Å². The second kappa shape index (κ2) is 5.15. The van der Waals surface area contributed by atoms with Crippen molar-refractivity contribution < 1.29 is 0 Å². The van der Waals surface area contributed by atoms with Crippen LogP contribution >= 0.6 is 0 Å². The van der Waals surface area contributed by atoms with Crippen molar-refractivity contribution in [1.29, 1.82) is 0 Å². The molecule has 0 spiro atoms. The van der Waals surface area contributed by atoms with Gasteiger partial charge >= 0.3 is 0 Å². The van der Waals surface area contributed by atoms with Crippen LogP contribution in [-0.2, 0) is 6.54 Å². The number of aromatic nitrogens is 1. The summed E-state index contributed by atoms with van der Waals surface area (Å²) in [4.78, 5) is 3.24. The molecular weight excluding hydrogens is 220 g/mol. The molecule has 2 aromatic rings. The lowest BCUT2D eigenvalue weighted by Gasteiger charge is -2.16. The third kappa shape index (κ3) is 2.75. The van der Waals surface area contributed by atoms with Gasteiger partial charge in [-0.2, -0.15) is 0 Å². The predicted octanol–water partition coefficient (Wildman–Crippen LogP) is 3.84. The van der Waals surface area contributed by atoms with E-state index < -0.39 is 0 Å². The van der Waals surface area contributed by atoms with Crippen LogP contribution in [0.4, 0.5) is 0 Å². The summed E-state index contributed by atoms with van der Waals surface area (Å²) in [5, 5.41) is 5.01. The Morgan fingerprint density at radius 3 is 3.00 bits per heavy atom. The van der Waals surface area contributed by atoms with Crippen molar-refractivity contribution in [2.45, 2.75) is 45.2 Å². The first-order valence-electron chi connectivity index (χ1n) is 7.14. The van der Waals surface area contributed by atoms with Crippen molar-refractivity contribution in [1.82, 2.24) is 10.3 Å². The monoisotopic (exact) mass is 242 g/mol. The zero-order valence-corrected chi connectivity index (χ0v) is 11.1. The highest BCUT2D eigenvalue weighted by atomic mass is 14.9. The van der Waals surface area contributed by atoms with Crippen molar-refractivity contribution in [3.8, 4) is 0 Å². The highest BCUT2D eigenvalue weighted by Gasteiger charge is 2.24. The molecular formula is C16H22N2. The van der Waals surface area contributed by atoms with Crippen molar-refractivity contribution in [2.75, 3.05) is 0 Å². The Hall–Kier alpha value is -1.28. The molecule has 0 aliphatic heterocycles. The molecule has 96 valence electrons. The van der Waals surface area contributed by atoms with E-state index in [1.165, 1.54) is 42.1 Å². The molecule has 2 nitrogen and oxygen atoms in total.